The van der Waals surface area contributed by atoms with E-state index < -0.39 is 0 Å². The molecule has 0 aliphatic rings. The van der Waals surface area contributed by atoms with Crippen molar-refractivity contribution in [1.29, 1.82) is 0 Å². The molecular formula is C28H30S2Te. The molecule has 0 spiro atoms. The molecule has 0 amide bonds. The van der Waals surface area contributed by atoms with Gasteiger partial charge in [0.15, 0.2) is 0 Å². The zero-order valence-corrected chi connectivity index (χ0v) is 22.2. The number of fused-ring (bicyclic) bond motifs is 3. The molecule has 31 heavy (non-hydrogen) atoms. The first-order valence-corrected chi connectivity index (χ1v) is 15.8. The molecule has 0 aliphatic carbocycles. The van der Waals surface area contributed by atoms with Crippen LogP contribution in [0.4, 0.5) is 0 Å². The van der Waals surface area contributed by atoms with Crippen LogP contribution in [0.3, 0.4) is 0 Å². The monoisotopic (exact) mass is 560 g/mol. The van der Waals surface area contributed by atoms with Gasteiger partial charge in [-0.15, -0.1) is 0 Å². The van der Waals surface area contributed by atoms with Gasteiger partial charge in [0.1, 0.15) is 0 Å². The van der Waals surface area contributed by atoms with Crippen molar-refractivity contribution < 1.29 is 0 Å². The van der Waals surface area contributed by atoms with Gasteiger partial charge >= 0.3 is 191 Å². The Morgan fingerprint density at radius 3 is 2.35 bits per heavy atom. The Kier molecular flexibility index (Phi) is 7.16. The molecule has 0 N–H and O–H groups in total. The van der Waals surface area contributed by atoms with Crippen molar-refractivity contribution in [3.63, 3.8) is 0 Å². The fourth-order valence-electron chi connectivity index (χ4n) is 4.45. The Labute approximate surface area is 203 Å². The molecule has 5 aromatic rings. The Balaban J connectivity index is 1.24. The normalized spacial score (nSPS) is 11.9. The second-order valence-corrected chi connectivity index (χ2v) is 13.9. The predicted molar refractivity (Wildman–Crippen MR) is 143 cm³/mol. The minimum atomic E-state index is -0.277. The minimum absolute atomic E-state index is 0.277. The van der Waals surface area contributed by atoms with E-state index >= 15 is 0 Å². The van der Waals surface area contributed by atoms with Crippen LogP contribution in [0.1, 0.15) is 63.2 Å². The molecule has 0 aliphatic heterocycles. The Morgan fingerprint density at radius 1 is 0.710 bits per heavy atom. The van der Waals surface area contributed by atoms with E-state index in [0.29, 0.717) is 0 Å². The van der Waals surface area contributed by atoms with Gasteiger partial charge in [-0.1, -0.05) is 13.3 Å². The Bertz CT molecular complexity index is 1220. The Morgan fingerprint density at radius 2 is 1.48 bits per heavy atom. The van der Waals surface area contributed by atoms with Gasteiger partial charge in [-0.3, -0.25) is 0 Å². The summed E-state index contributed by atoms with van der Waals surface area (Å²) >= 11 is 3.62. The Hall–Kier alpha value is -1.11. The van der Waals surface area contributed by atoms with Crippen molar-refractivity contribution in [3.05, 3.63) is 58.8 Å². The molecule has 0 saturated heterocycles. The van der Waals surface area contributed by atoms with Crippen LogP contribution in [-0.2, 0) is 6.42 Å². The summed E-state index contributed by atoms with van der Waals surface area (Å²) in [6.45, 7) is 2.29. The summed E-state index contributed by atoms with van der Waals surface area (Å²) in [7, 11) is 0. The number of benzene rings is 2. The van der Waals surface area contributed by atoms with Crippen LogP contribution in [0, 0.1) is 0 Å². The van der Waals surface area contributed by atoms with Gasteiger partial charge in [0.25, 0.3) is 0 Å². The van der Waals surface area contributed by atoms with Crippen molar-refractivity contribution >= 4 is 72.8 Å². The second-order valence-electron chi connectivity index (χ2n) is 8.65. The molecule has 5 rings (SSSR count). The number of hydrogen-bond acceptors (Lipinski definition) is 2. The van der Waals surface area contributed by atoms with E-state index in [1.165, 1.54) is 88.9 Å². The third-order valence-corrected chi connectivity index (χ3v) is 11.9. The van der Waals surface area contributed by atoms with Crippen molar-refractivity contribution in [2.24, 2.45) is 0 Å². The zero-order chi connectivity index (χ0) is 21.0. The summed E-state index contributed by atoms with van der Waals surface area (Å²) in [5.74, 6) is 0. The fourth-order valence-corrected chi connectivity index (χ4v) is 9.75. The SMILES string of the molecule is CCCCCCCCCCc1ccc(-c2cc3cc4cc5ccsc5cc4cc3[te]2)s1. The third kappa shape index (κ3) is 5.12. The molecule has 0 bridgehead atoms. The van der Waals surface area contributed by atoms with Crippen LogP contribution in [0.15, 0.2) is 53.9 Å². The summed E-state index contributed by atoms with van der Waals surface area (Å²) in [4.78, 5) is 3.11. The molecule has 0 unspecified atom stereocenters. The first kappa shape index (κ1) is 21.7. The van der Waals surface area contributed by atoms with Crippen LogP contribution in [-0.4, -0.2) is 20.4 Å². The molecule has 3 heteroatoms. The van der Waals surface area contributed by atoms with Gasteiger partial charge in [-0.05, 0) is 0 Å². The topological polar surface area (TPSA) is 0 Å². The van der Waals surface area contributed by atoms with Gasteiger partial charge in [-0.25, -0.2) is 0 Å². The first-order chi connectivity index (χ1) is 15.3. The summed E-state index contributed by atoms with van der Waals surface area (Å²) in [5, 5.41) is 7.84. The number of hydrogen-bond donors (Lipinski definition) is 0. The molecule has 0 radical (unpaired) electrons. The molecule has 0 saturated carbocycles. The maximum atomic E-state index is 2.49. The quantitative estimate of drug-likeness (QED) is 0.118. The van der Waals surface area contributed by atoms with Gasteiger partial charge in [0.2, 0.25) is 0 Å². The predicted octanol–water partition coefficient (Wildman–Crippen LogP) is 9.68. The zero-order valence-electron chi connectivity index (χ0n) is 18.3. The maximum absolute atomic E-state index is 2.49. The summed E-state index contributed by atoms with van der Waals surface area (Å²) in [6, 6.07) is 19.2. The fraction of sp³-hybridized carbons (Fsp3) is 0.357. The molecular weight excluding hydrogens is 528 g/mol. The van der Waals surface area contributed by atoms with Gasteiger partial charge in [0, 0.05) is 0 Å². The van der Waals surface area contributed by atoms with Crippen molar-refractivity contribution in [1.82, 2.24) is 0 Å². The van der Waals surface area contributed by atoms with Gasteiger partial charge < -0.3 is 0 Å². The average molecular weight is 558 g/mol. The molecule has 3 aromatic heterocycles. The van der Waals surface area contributed by atoms with Crippen LogP contribution >= 0.6 is 22.7 Å². The summed E-state index contributed by atoms with van der Waals surface area (Å²) < 4.78 is 4.65. The molecule has 0 nitrogen and oxygen atoms in total. The van der Waals surface area contributed by atoms with Crippen molar-refractivity contribution in [2.75, 3.05) is 0 Å². The van der Waals surface area contributed by atoms with Gasteiger partial charge in [-0.2, -0.15) is 0 Å². The van der Waals surface area contributed by atoms with Crippen LogP contribution in [0.25, 0.3) is 38.1 Å². The molecule has 0 atom stereocenters. The van der Waals surface area contributed by atoms with E-state index in [4.69, 9.17) is 0 Å². The number of aryl methyl sites for hydroxylation is 1. The van der Waals surface area contributed by atoms with E-state index in [0.717, 1.165) is 0 Å². The average Bonchev–Trinajstić information content (AvgIpc) is 3.51. The number of rotatable bonds is 10. The molecule has 3 heterocycles. The van der Waals surface area contributed by atoms with E-state index in [-0.39, 0.29) is 20.4 Å². The molecule has 0 fully saturated rings. The van der Waals surface area contributed by atoms with Crippen LogP contribution in [0.5, 0.6) is 0 Å². The van der Waals surface area contributed by atoms with E-state index in [1.54, 1.807) is 11.9 Å². The summed E-state index contributed by atoms with van der Waals surface area (Å²) in [5.41, 5.74) is 0. The standard InChI is InChI=1S/C28H30S2Te/c1-2-3-4-5-6-7-8-9-10-24-11-12-25(30-24)28-19-23-16-21-15-20-13-14-29-26(20)17-22(21)18-27(23)31-28/h11-19H,2-10H2,1H3. The number of unbranched alkanes of at least 4 members (excludes halogenated alkanes) is 7. The first-order valence-electron chi connectivity index (χ1n) is 11.7. The summed E-state index contributed by atoms with van der Waals surface area (Å²) in [6.07, 6.45) is 12.5. The molecule has 2 aromatic carbocycles. The van der Waals surface area contributed by atoms with Crippen LogP contribution < -0.4 is 0 Å². The number of thiophene rings is 2. The van der Waals surface area contributed by atoms with Gasteiger partial charge in [0.05, 0.1) is 0 Å². The second kappa shape index (κ2) is 10.2. The molecule has 160 valence electrons. The van der Waals surface area contributed by atoms with E-state index in [9.17, 15) is 0 Å². The van der Waals surface area contributed by atoms with Crippen LogP contribution in [0.2, 0.25) is 0 Å². The van der Waals surface area contributed by atoms with E-state index in [1.807, 2.05) is 22.7 Å². The third-order valence-electron chi connectivity index (χ3n) is 6.23. The van der Waals surface area contributed by atoms with E-state index in [2.05, 4.69) is 60.8 Å². The van der Waals surface area contributed by atoms with Crippen molar-refractivity contribution in [3.8, 4) is 8.46 Å². The van der Waals surface area contributed by atoms with Crippen molar-refractivity contribution in [2.45, 2.75) is 64.7 Å².